The fraction of sp³-hybridized carbons (Fsp3) is 0.600. The standard InChI is InChI=1S/C15H23N3O/c1-11-9-13(16)15(19-12-3-4-12)10-14(11)18-7-5-17(2)6-8-18/h9-10,12H,3-8,16H2,1-2H3. The highest BCUT2D eigenvalue weighted by molar-refractivity contribution is 5.67. The molecule has 2 aliphatic rings. The van der Waals surface area contributed by atoms with Gasteiger partial charge in [0.05, 0.1) is 11.8 Å². The molecular weight excluding hydrogens is 238 g/mol. The molecule has 2 fully saturated rings. The Bertz CT molecular complexity index is 463. The maximum atomic E-state index is 6.07. The van der Waals surface area contributed by atoms with E-state index < -0.39 is 0 Å². The number of nitrogen functional groups attached to an aromatic ring is 1. The monoisotopic (exact) mass is 261 g/mol. The molecule has 1 aromatic carbocycles. The van der Waals surface area contributed by atoms with E-state index in [9.17, 15) is 0 Å². The van der Waals surface area contributed by atoms with Gasteiger partial charge in [0.1, 0.15) is 5.75 Å². The van der Waals surface area contributed by atoms with Gasteiger partial charge < -0.3 is 20.3 Å². The number of hydrogen-bond donors (Lipinski definition) is 1. The molecule has 0 radical (unpaired) electrons. The summed E-state index contributed by atoms with van der Waals surface area (Å²) in [4.78, 5) is 4.80. The Labute approximate surface area is 115 Å². The summed E-state index contributed by atoms with van der Waals surface area (Å²) in [6, 6.07) is 4.18. The molecule has 1 aliphatic heterocycles. The summed E-state index contributed by atoms with van der Waals surface area (Å²) in [6.45, 7) is 6.50. The Hall–Kier alpha value is -1.42. The van der Waals surface area contributed by atoms with Gasteiger partial charge in [0, 0.05) is 37.9 Å². The first-order valence-electron chi connectivity index (χ1n) is 7.14. The van der Waals surface area contributed by atoms with Crippen LogP contribution in [-0.2, 0) is 0 Å². The molecule has 0 aromatic heterocycles. The van der Waals surface area contributed by atoms with Crippen molar-refractivity contribution in [1.29, 1.82) is 0 Å². The lowest BCUT2D eigenvalue weighted by atomic mass is 10.1. The Kier molecular flexibility index (Phi) is 3.27. The van der Waals surface area contributed by atoms with Gasteiger partial charge >= 0.3 is 0 Å². The minimum absolute atomic E-state index is 0.394. The van der Waals surface area contributed by atoms with Crippen LogP contribution in [0.1, 0.15) is 18.4 Å². The van der Waals surface area contributed by atoms with E-state index in [1.54, 1.807) is 0 Å². The summed E-state index contributed by atoms with van der Waals surface area (Å²) in [5, 5.41) is 0. The van der Waals surface area contributed by atoms with E-state index in [-0.39, 0.29) is 0 Å². The molecule has 1 aliphatic carbocycles. The van der Waals surface area contributed by atoms with Crippen molar-refractivity contribution in [3.63, 3.8) is 0 Å². The summed E-state index contributed by atoms with van der Waals surface area (Å²) in [6.07, 6.45) is 2.72. The third-order valence-electron chi connectivity index (χ3n) is 3.99. The zero-order chi connectivity index (χ0) is 13.4. The predicted octanol–water partition coefficient (Wildman–Crippen LogP) is 1.87. The average Bonchev–Trinajstić information content (AvgIpc) is 3.18. The minimum atomic E-state index is 0.394. The normalized spacial score (nSPS) is 20.6. The van der Waals surface area contributed by atoms with E-state index in [2.05, 4.69) is 29.8 Å². The van der Waals surface area contributed by atoms with Crippen molar-refractivity contribution in [1.82, 2.24) is 4.90 Å². The Morgan fingerprint density at radius 3 is 2.47 bits per heavy atom. The molecule has 0 unspecified atom stereocenters. The van der Waals surface area contributed by atoms with Gasteiger partial charge in [-0.1, -0.05) is 0 Å². The van der Waals surface area contributed by atoms with Crippen LogP contribution in [0.3, 0.4) is 0 Å². The summed E-state index contributed by atoms with van der Waals surface area (Å²) in [5.41, 5.74) is 9.35. The summed E-state index contributed by atoms with van der Waals surface area (Å²) in [5.74, 6) is 0.863. The van der Waals surface area contributed by atoms with Crippen LogP contribution >= 0.6 is 0 Å². The number of benzene rings is 1. The Morgan fingerprint density at radius 2 is 1.84 bits per heavy atom. The molecule has 3 rings (SSSR count). The largest absolute Gasteiger partial charge is 0.488 e. The SMILES string of the molecule is Cc1cc(N)c(OC2CC2)cc1N1CCN(C)CC1. The van der Waals surface area contributed by atoms with Crippen LogP contribution in [-0.4, -0.2) is 44.2 Å². The molecular formula is C15H23N3O. The Morgan fingerprint density at radius 1 is 1.16 bits per heavy atom. The predicted molar refractivity (Wildman–Crippen MR) is 79.0 cm³/mol. The number of likely N-dealkylation sites (N-methyl/N-ethyl adjacent to an activating group) is 1. The van der Waals surface area contributed by atoms with Crippen LogP contribution < -0.4 is 15.4 Å². The van der Waals surface area contributed by atoms with Gasteiger partial charge in [-0.05, 0) is 38.4 Å². The van der Waals surface area contributed by atoms with E-state index in [0.29, 0.717) is 6.10 Å². The van der Waals surface area contributed by atoms with Crippen molar-refractivity contribution in [3.05, 3.63) is 17.7 Å². The first kappa shape index (κ1) is 12.6. The molecule has 4 nitrogen and oxygen atoms in total. The average molecular weight is 261 g/mol. The smallest absolute Gasteiger partial charge is 0.144 e. The first-order valence-corrected chi connectivity index (χ1v) is 7.14. The highest BCUT2D eigenvalue weighted by Crippen LogP contribution is 2.35. The van der Waals surface area contributed by atoms with Gasteiger partial charge in [-0.2, -0.15) is 0 Å². The van der Waals surface area contributed by atoms with E-state index in [4.69, 9.17) is 10.5 Å². The first-order chi connectivity index (χ1) is 9.13. The zero-order valence-corrected chi connectivity index (χ0v) is 11.9. The van der Waals surface area contributed by atoms with Gasteiger partial charge in [0.15, 0.2) is 0 Å². The molecule has 4 heteroatoms. The van der Waals surface area contributed by atoms with Crippen molar-refractivity contribution in [2.45, 2.75) is 25.9 Å². The summed E-state index contributed by atoms with van der Waals surface area (Å²) in [7, 11) is 2.18. The second kappa shape index (κ2) is 4.93. The lowest BCUT2D eigenvalue weighted by molar-refractivity contribution is 0.303. The van der Waals surface area contributed by atoms with Gasteiger partial charge in [0.25, 0.3) is 0 Å². The molecule has 2 N–H and O–H groups in total. The van der Waals surface area contributed by atoms with Crippen LogP contribution in [0.25, 0.3) is 0 Å². The number of hydrogen-bond acceptors (Lipinski definition) is 4. The third kappa shape index (κ3) is 2.78. The van der Waals surface area contributed by atoms with E-state index >= 15 is 0 Å². The van der Waals surface area contributed by atoms with Crippen molar-refractivity contribution in [3.8, 4) is 5.75 Å². The van der Waals surface area contributed by atoms with Crippen molar-refractivity contribution < 1.29 is 4.74 Å². The molecule has 1 heterocycles. The molecule has 0 spiro atoms. The van der Waals surface area contributed by atoms with Crippen molar-refractivity contribution in [2.75, 3.05) is 43.9 Å². The zero-order valence-electron chi connectivity index (χ0n) is 11.9. The van der Waals surface area contributed by atoms with Crippen LogP contribution in [0, 0.1) is 6.92 Å². The molecule has 1 aromatic rings. The number of anilines is 2. The number of nitrogens with zero attached hydrogens (tertiary/aromatic N) is 2. The molecule has 0 bridgehead atoms. The number of piperazine rings is 1. The number of rotatable bonds is 3. The number of ether oxygens (including phenoxy) is 1. The van der Waals surface area contributed by atoms with E-state index in [1.165, 1.54) is 11.3 Å². The second-order valence-electron chi connectivity index (χ2n) is 5.78. The highest BCUT2D eigenvalue weighted by Gasteiger charge is 2.25. The number of aryl methyl sites for hydroxylation is 1. The molecule has 1 saturated carbocycles. The fourth-order valence-corrected chi connectivity index (χ4v) is 2.56. The maximum absolute atomic E-state index is 6.07. The van der Waals surface area contributed by atoms with E-state index in [1.807, 2.05) is 6.07 Å². The summed E-state index contributed by atoms with van der Waals surface area (Å²) < 4.78 is 5.90. The van der Waals surface area contributed by atoms with Crippen molar-refractivity contribution in [2.24, 2.45) is 0 Å². The van der Waals surface area contributed by atoms with Gasteiger partial charge in [-0.15, -0.1) is 0 Å². The molecule has 1 saturated heterocycles. The Balaban J connectivity index is 1.82. The third-order valence-corrected chi connectivity index (χ3v) is 3.99. The lowest BCUT2D eigenvalue weighted by Gasteiger charge is -2.35. The molecule has 19 heavy (non-hydrogen) atoms. The van der Waals surface area contributed by atoms with Crippen LogP contribution in [0.2, 0.25) is 0 Å². The van der Waals surface area contributed by atoms with Crippen molar-refractivity contribution >= 4 is 11.4 Å². The lowest BCUT2D eigenvalue weighted by Crippen LogP contribution is -2.44. The fourth-order valence-electron chi connectivity index (χ4n) is 2.56. The van der Waals surface area contributed by atoms with E-state index in [0.717, 1.165) is 50.5 Å². The van der Waals surface area contributed by atoms with Crippen LogP contribution in [0.5, 0.6) is 5.75 Å². The minimum Gasteiger partial charge on any atom is -0.488 e. The molecule has 104 valence electrons. The van der Waals surface area contributed by atoms with Gasteiger partial charge in [-0.25, -0.2) is 0 Å². The molecule has 0 amide bonds. The summed E-state index contributed by atoms with van der Waals surface area (Å²) >= 11 is 0. The van der Waals surface area contributed by atoms with Crippen LogP contribution in [0.4, 0.5) is 11.4 Å². The molecule has 0 atom stereocenters. The van der Waals surface area contributed by atoms with Crippen LogP contribution in [0.15, 0.2) is 12.1 Å². The van der Waals surface area contributed by atoms with Gasteiger partial charge in [0.2, 0.25) is 0 Å². The van der Waals surface area contributed by atoms with Gasteiger partial charge in [-0.3, -0.25) is 0 Å². The second-order valence-corrected chi connectivity index (χ2v) is 5.78. The number of nitrogens with two attached hydrogens (primary N) is 1. The highest BCUT2D eigenvalue weighted by atomic mass is 16.5. The maximum Gasteiger partial charge on any atom is 0.144 e. The topological polar surface area (TPSA) is 41.7 Å². The quantitative estimate of drug-likeness (QED) is 0.843.